The zero-order chi connectivity index (χ0) is 28.5. The predicted molar refractivity (Wildman–Crippen MR) is 149 cm³/mol. The number of nitriles is 1. The molecule has 0 aromatic carbocycles. The van der Waals surface area contributed by atoms with Crippen molar-refractivity contribution in [3.63, 3.8) is 0 Å². The van der Waals surface area contributed by atoms with Gasteiger partial charge < -0.3 is 31.3 Å². The fraction of sp³-hybridized carbons (Fsp3) is 0.560. The number of likely N-dealkylation sites (N-methyl/N-ethyl adjacent to an activating group) is 1. The molecule has 2 aromatic heterocycles. The van der Waals surface area contributed by atoms with E-state index in [4.69, 9.17) is 11.0 Å². The zero-order valence-electron chi connectivity index (χ0n) is 22.6. The molecule has 3 atom stereocenters. The molecule has 1 aliphatic heterocycles. The number of anilines is 1. The van der Waals surface area contributed by atoms with Crippen LogP contribution in [-0.4, -0.2) is 93.7 Å². The third-order valence-corrected chi connectivity index (χ3v) is 6.99. The lowest BCUT2D eigenvalue weighted by Crippen LogP contribution is -2.52. The Morgan fingerprint density at radius 3 is 2.73 bits per heavy atom. The van der Waals surface area contributed by atoms with Gasteiger partial charge in [-0.1, -0.05) is 6.92 Å². The van der Waals surface area contributed by atoms with Crippen molar-refractivity contribution in [2.45, 2.75) is 51.1 Å². The van der Waals surface area contributed by atoms with Crippen LogP contribution in [0.4, 0.5) is 10.6 Å². The lowest BCUT2D eigenvalue weighted by atomic mass is 9.92. The smallest absolute Gasteiger partial charge is 0.327 e. The van der Waals surface area contributed by atoms with Crippen molar-refractivity contribution in [3.8, 4) is 6.07 Å². The van der Waals surface area contributed by atoms with E-state index in [1.165, 1.54) is 17.1 Å². The number of unbranched alkanes of at least 4 members (excludes halogenated alkanes) is 1. The van der Waals surface area contributed by atoms with Gasteiger partial charge in [-0.25, -0.2) is 19.6 Å². The number of nitrogens with one attached hydrogen (secondary N) is 2. The summed E-state index contributed by atoms with van der Waals surface area (Å²) in [5.74, 6) is -1.15. The number of aromatic nitrogens is 3. The Labute approximate surface area is 238 Å². The fourth-order valence-corrected chi connectivity index (χ4v) is 4.74. The Morgan fingerprint density at radius 1 is 1.30 bits per heavy atom. The number of rotatable bonds is 11. The Hall–Kier alpha value is -3.96. The normalized spacial score (nSPS) is 17.3. The minimum absolute atomic E-state index is 0. The molecule has 3 amide bonds. The van der Waals surface area contributed by atoms with Gasteiger partial charge in [0.25, 0.3) is 0 Å². The quantitative estimate of drug-likeness (QED) is 0.275. The van der Waals surface area contributed by atoms with E-state index in [0.717, 1.165) is 6.42 Å². The Morgan fingerprint density at radius 2 is 2.05 bits per heavy atom. The summed E-state index contributed by atoms with van der Waals surface area (Å²) in [6, 6.07) is 1.87. The molecule has 0 bridgehead atoms. The lowest BCUT2D eigenvalue weighted by Gasteiger charge is -2.42. The molecule has 0 aliphatic carbocycles. The summed E-state index contributed by atoms with van der Waals surface area (Å²) in [5.41, 5.74) is 5.76. The average Bonchev–Trinajstić information content (AvgIpc) is 3.35. The topological polar surface area (TPSA) is 200 Å². The van der Waals surface area contributed by atoms with Crippen molar-refractivity contribution in [1.29, 1.82) is 5.26 Å². The second-order valence-corrected chi connectivity index (χ2v) is 9.64. The van der Waals surface area contributed by atoms with E-state index in [-0.39, 0.29) is 43.1 Å². The van der Waals surface area contributed by atoms with Crippen molar-refractivity contribution in [2.24, 2.45) is 11.7 Å². The molecule has 0 saturated carbocycles. The first-order valence-corrected chi connectivity index (χ1v) is 12.9. The summed E-state index contributed by atoms with van der Waals surface area (Å²) >= 11 is 0. The number of hydrogen-bond donors (Lipinski definition) is 4. The van der Waals surface area contributed by atoms with Crippen LogP contribution in [0.1, 0.15) is 39.0 Å². The second-order valence-electron chi connectivity index (χ2n) is 9.64. The molecular weight excluding hydrogens is 542 g/mol. The summed E-state index contributed by atoms with van der Waals surface area (Å²) in [5, 5.41) is 23.7. The number of halogens is 1. The van der Waals surface area contributed by atoms with E-state index >= 15 is 0 Å². The third kappa shape index (κ3) is 7.80. The highest BCUT2D eigenvalue weighted by Crippen LogP contribution is 2.29. The standard InChI is InChI=1S/C25H35N9O5.ClH/c1-16-7-11-33(21(36)6-10-27)14-19(16)32(2)22-17-8-12-34(23(17)30-15-29-22)25(39)28-13-20(35)31-18(24(37)38)5-3-4-9-26;/h8,12,15-16,18-19H,3-7,9,11,13-14,26H2,1-2H3,(H,28,39)(H,31,35)(H,37,38);1H/t16-,18?,19+;/m1./s1. The molecule has 1 unspecified atom stereocenters. The van der Waals surface area contributed by atoms with Gasteiger partial charge in [-0.2, -0.15) is 5.26 Å². The van der Waals surface area contributed by atoms with Gasteiger partial charge in [0.05, 0.1) is 24.0 Å². The first-order chi connectivity index (χ1) is 18.7. The van der Waals surface area contributed by atoms with E-state index in [9.17, 15) is 24.3 Å². The average molecular weight is 578 g/mol. The first kappa shape index (κ1) is 32.3. The van der Waals surface area contributed by atoms with Crippen LogP contribution in [-0.2, 0) is 14.4 Å². The van der Waals surface area contributed by atoms with Gasteiger partial charge >= 0.3 is 12.0 Å². The molecule has 3 rings (SSSR count). The van der Waals surface area contributed by atoms with Crippen LogP contribution in [0.2, 0.25) is 0 Å². The number of fused-ring (bicyclic) bond motifs is 1. The number of nitrogens with two attached hydrogens (primary N) is 1. The van der Waals surface area contributed by atoms with Crippen LogP contribution in [0.5, 0.6) is 0 Å². The van der Waals surface area contributed by atoms with E-state index in [0.29, 0.717) is 49.3 Å². The van der Waals surface area contributed by atoms with E-state index in [1.807, 2.05) is 18.0 Å². The molecule has 218 valence electrons. The van der Waals surface area contributed by atoms with Gasteiger partial charge in [0.15, 0.2) is 5.65 Å². The van der Waals surface area contributed by atoms with Crippen LogP contribution in [0.25, 0.3) is 11.0 Å². The molecule has 14 nitrogen and oxygen atoms in total. The number of aliphatic carboxylic acids is 1. The minimum atomic E-state index is -1.15. The van der Waals surface area contributed by atoms with Crippen molar-refractivity contribution in [1.82, 2.24) is 30.1 Å². The molecule has 1 aliphatic rings. The van der Waals surface area contributed by atoms with Crippen LogP contribution in [0, 0.1) is 17.2 Å². The summed E-state index contributed by atoms with van der Waals surface area (Å²) in [7, 11) is 1.87. The second kappa shape index (κ2) is 15.0. The molecule has 5 N–H and O–H groups in total. The molecule has 0 spiro atoms. The summed E-state index contributed by atoms with van der Waals surface area (Å²) in [6.45, 7) is 3.16. The number of carbonyl (C=O) groups is 4. The predicted octanol–water partition coefficient (Wildman–Crippen LogP) is 0.696. The zero-order valence-corrected chi connectivity index (χ0v) is 23.4. The third-order valence-electron chi connectivity index (χ3n) is 6.99. The molecule has 0 radical (unpaired) electrons. The highest BCUT2D eigenvalue weighted by atomic mass is 35.5. The fourth-order valence-electron chi connectivity index (χ4n) is 4.74. The van der Waals surface area contributed by atoms with Crippen molar-refractivity contribution in [2.75, 3.05) is 38.1 Å². The minimum Gasteiger partial charge on any atom is -0.480 e. The lowest BCUT2D eigenvalue weighted by molar-refractivity contribution is -0.141. The SMILES string of the molecule is C[C@@H]1CCN(C(=O)CC#N)C[C@@H]1N(C)c1ncnc2c1ccn2C(=O)NCC(=O)NC(CCCCN)C(=O)O.Cl. The summed E-state index contributed by atoms with van der Waals surface area (Å²) in [6.07, 6.45) is 4.92. The van der Waals surface area contributed by atoms with Crippen molar-refractivity contribution >= 4 is 53.1 Å². The van der Waals surface area contributed by atoms with Gasteiger partial charge in [-0.3, -0.25) is 14.2 Å². The van der Waals surface area contributed by atoms with Gasteiger partial charge in [-0.15, -0.1) is 12.4 Å². The molecule has 3 heterocycles. The number of nitrogens with zero attached hydrogens (tertiary/aromatic N) is 6. The first-order valence-electron chi connectivity index (χ1n) is 12.9. The molecule has 40 heavy (non-hydrogen) atoms. The Kier molecular flexibility index (Phi) is 12.1. The molecule has 1 fully saturated rings. The molecule has 15 heteroatoms. The van der Waals surface area contributed by atoms with Crippen LogP contribution in [0.15, 0.2) is 18.6 Å². The maximum Gasteiger partial charge on any atom is 0.327 e. The summed E-state index contributed by atoms with van der Waals surface area (Å²) in [4.78, 5) is 61.2. The largest absolute Gasteiger partial charge is 0.480 e. The van der Waals surface area contributed by atoms with Crippen molar-refractivity contribution in [3.05, 3.63) is 18.6 Å². The van der Waals surface area contributed by atoms with Crippen molar-refractivity contribution < 1.29 is 24.3 Å². The number of likely N-dealkylation sites (tertiary alicyclic amines) is 1. The number of carboxylic acid groups (broad SMARTS) is 1. The maximum absolute atomic E-state index is 12.9. The van der Waals surface area contributed by atoms with Gasteiger partial charge in [0.1, 0.15) is 24.6 Å². The van der Waals surface area contributed by atoms with Gasteiger partial charge in [0.2, 0.25) is 11.8 Å². The molecule has 2 aromatic rings. The van der Waals surface area contributed by atoms with E-state index < -0.39 is 30.5 Å². The number of carboxylic acids is 1. The number of hydrogen-bond acceptors (Lipinski definition) is 9. The summed E-state index contributed by atoms with van der Waals surface area (Å²) < 4.78 is 1.25. The highest BCUT2D eigenvalue weighted by molar-refractivity contribution is 5.96. The monoisotopic (exact) mass is 577 g/mol. The molecular formula is C25H36ClN9O5. The van der Waals surface area contributed by atoms with Gasteiger partial charge in [0, 0.05) is 26.3 Å². The molecule has 1 saturated heterocycles. The van der Waals surface area contributed by atoms with Crippen LogP contribution >= 0.6 is 12.4 Å². The maximum atomic E-state index is 12.9. The van der Waals surface area contributed by atoms with Crippen LogP contribution in [0.3, 0.4) is 0 Å². The highest BCUT2D eigenvalue weighted by Gasteiger charge is 2.33. The number of piperidine rings is 1. The van der Waals surface area contributed by atoms with Gasteiger partial charge in [-0.05, 0) is 44.2 Å². The Bertz CT molecular complexity index is 1250. The van der Waals surface area contributed by atoms with E-state index in [1.54, 1.807) is 11.0 Å². The van der Waals surface area contributed by atoms with Crippen LogP contribution < -0.4 is 21.3 Å². The number of carbonyl (C=O) groups excluding carboxylic acids is 3. The Balaban J connectivity index is 0.00000560. The van der Waals surface area contributed by atoms with E-state index in [2.05, 4.69) is 27.5 Å². The number of amides is 3.